The van der Waals surface area contributed by atoms with E-state index in [2.05, 4.69) is 35.8 Å². The molecule has 0 fully saturated rings. The first kappa shape index (κ1) is 38.3. The van der Waals surface area contributed by atoms with Gasteiger partial charge in [-0.05, 0) is 105 Å². The number of carboxylic acid groups (broad SMARTS) is 2. The maximum absolute atomic E-state index is 11.7. The second kappa shape index (κ2) is 19.6. The molecule has 2 N–H and O–H groups in total. The van der Waals surface area contributed by atoms with E-state index < -0.39 is 23.6 Å². The molecule has 0 saturated heterocycles. The summed E-state index contributed by atoms with van der Waals surface area (Å²) in [5.74, 6) is 12.4. The molecule has 3 aromatic carbocycles. The fourth-order valence-electron chi connectivity index (χ4n) is 4.39. The van der Waals surface area contributed by atoms with E-state index in [1.54, 1.807) is 44.3 Å². The molecule has 3 aromatic rings. The van der Waals surface area contributed by atoms with Crippen LogP contribution in [0.2, 0.25) is 0 Å². The van der Waals surface area contributed by atoms with Crippen LogP contribution in [0, 0.1) is 23.7 Å². The molecule has 0 saturated carbocycles. The summed E-state index contributed by atoms with van der Waals surface area (Å²) in [7, 11) is 0. The molecule has 8 heteroatoms. The largest absolute Gasteiger partial charge is 0.479 e. The van der Waals surface area contributed by atoms with E-state index >= 15 is 0 Å². The summed E-state index contributed by atoms with van der Waals surface area (Å²) in [6, 6.07) is 23.3. The molecule has 2 unspecified atom stereocenters. The number of carbonyl (C=O) groups is 2. The van der Waals surface area contributed by atoms with Crippen LogP contribution in [0.1, 0.15) is 56.9 Å². The van der Waals surface area contributed by atoms with Gasteiger partial charge in [-0.25, -0.2) is 9.59 Å². The zero-order chi connectivity index (χ0) is 34.9. The Hall–Kier alpha value is -4.18. The Labute approximate surface area is 293 Å². The molecule has 0 radical (unpaired) electrons. The molecule has 0 aliphatic heterocycles. The summed E-state index contributed by atoms with van der Waals surface area (Å²) in [5, 5.41) is 18.9. The Morgan fingerprint density at radius 2 is 1.25 bits per heavy atom. The second-order valence-electron chi connectivity index (χ2n) is 10.9. The summed E-state index contributed by atoms with van der Waals surface area (Å²) < 4.78 is 10.8. The molecular formula is C40H42O6S2. The second-order valence-corrected chi connectivity index (χ2v) is 13.1. The van der Waals surface area contributed by atoms with Crippen LogP contribution < -0.4 is 0 Å². The Kier molecular flexibility index (Phi) is 15.6. The van der Waals surface area contributed by atoms with Gasteiger partial charge in [0.2, 0.25) is 0 Å². The fourth-order valence-corrected chi connectivity index (χ4v) is 6.10. The Bertz CT molecular complexity index is 1700. The molecular weight excluding hydrogens is 641 g/mol. The van der Waals surface area contributed by atoms with Gasteiger partial charge in [0.05, 0.1) is 0 Å². The number of aliphatic carboxylic acids is 2. The zero-order valence-electron chi connectivity index (χ0n) is 28.0. The predicted octanol–water partition coefficient (Wildman–Crippen LogP) is 8.24. The minimum Gasteiger partial charge on any atom is -0.479 e. The van der Waals surface area contributed by atoms with Crippen LogP contribution in [0.4, 0.5) is 0 Å². The minimum atomic E-state index is -1.36. The number of thioether (sulfide) groups is 2. The SMILES string of the molecule is CCOC(Cc1ccc(SCC=C(C)C#Cc2ccc(C#CC(C)=CCSc3ccc(C(C)(OCC)C(=O)O)cc3)cc2)cc1)C(=O)O. The molecule has 0 heterocycles. The van der Waals surface area contributed by atoms with Crippen LogP contribution >= 0.6 is 23.5 Å². The van der Waals surface area contributed by atoms with Crippen molar-refractivity contribution in [3.63, 3.8) is 0 Å². The standard InChI is InChI=1S/C40H42O6S2/c1-6-45-37(38(41)42)28-33-16-20-35(21-17-33)47-26-24-29(3)8-10-31-12-14-32(15-13-31)11-9-30(4)25-27-48-36-22-18-34(19-23-36)40(5,39(43)44)46-7-2/h12-25,37H,6-7,26-28H2,1-5H3,(H,41,42)(H,43,44). The van der Waals surface area contributed by atoms with Crippen LogP contribution in [0.3, 0.4) is 0 Å². The summed E-state index contributed by atoms with van der Waals surface area (Å²) in [4.78, 5) is 25.2. The molecule has 6 nitrogen and oxygen atoms in total. The molecule has 3 rings (SSSR count). The van der Waals surface area contributed by atoms with Crippen molar-refractivity contribution >= 4 is 35.5 Å². The first-order chi connectivity index (χ1) is 23.0. The molecule has 48 heavy (non-hydrogen) atoms. The summed E-state index contributed by atoms with van der Waals surface area (Å²) in [6.45, 7) is 9.82. The highest BCUT2D eigenvalue weighted by Crippen LogP contribution is 2.28. The highest BCUT2D eigenvalue weighted by atomic mass is 32.2. The highest BCUT2D eigenvalue weighted by Gasteiger charge is 2.35. The number of ether oxygens (including phenoxy) is 2. The monoisotopic (exact) mass is 682 g/mol. The van der Waals surface area contributed by atoms with Crippen LogP contribution in [-0.4, -0.2) is 53.0 Å². The van der Waals surface area contributed by atoms with E-state index in [-0.39, 0.29) is 0 Å². The Morgan fingerprint density at radius 3 is 1.67 bits per heavy atom. The molecule has 0 amide bonds. The average molecular weight is 683 g/mol. The van der Waals surface area contributed by atoms with Crippen molar-refractivity contribution < 1.29 is 29.3 Å². The van der Waals surface area contributed by atoms with Gasteiger partial charge in [0, 0.05) is 52.1 Å². The third kappa shape index (κ3) is 12.4. The number of hydrogen-bond acceptors (Lipinski definition) is 6. The Balaban J connectivity index is 1.46. The van der Waals surface area contributed by atoms with Gasteiger partial charge in [0.15, 0.2) is 11.7 Å². The van der Waals surface area contributed by atoms with E-state index in [1.807, 2.05) is 86.6 Å². The molecule has 0 spiro atoms. The highest BCUT2D eigenvalue weighted by molar-refractivity contribution is 7.99. The minimum absolute atomic E-state index is 0.316. The van der Waals surface area contributed by atoms with Crippen molar-refractivity contribution in [2.45, 2.75) is 62.5 Å². The van der Waals surface area contributed by atoms with Crippen molar-refractivity contribution in [1.82, 2.24) is 0 Å². The van der Waals surface area contributed by atoms with Gasteiger partial charge in [0.25, 0.3) is 0 Å². The maximum atomic E-state index is 11.7. The fraction of sp³-hybridized carbons (Fsp3) is 0.300. The molecule has 0 aliphatic rings. The van der Waals surface area contributed by atoms with Crippen molar-refractivity contribution in [3.05, 3.63) is 118 Å². The number of hydrogen-bond donors (Lipinski definition) is 2. The van der Waals surface area contributed by atoms with Crippen LogP contribution in [0.25, 0.3) is 0 Å². The van der Waals surface area contributed by atoms with Crippen molar-refractivity contribution in [3.8, 4) is 23.7 Å². The van der Waals surface area contributed by atoms with Crippen molar-refractivity contribution in [2.24, 2.45) is 0 Å². The molecule has 0 aromatic heterocycles. The van der Waals surface area contributed by atoms with Crippen molar-refractivity contribution in [2.75, 3.05) is 24.7 Å². The van der Waals surface area contributed by atoms with E-state index in [9.17, 15) is 19.8 Å². The normalized spacial score (nSPS) is 13.4. The topological polar surface area (TPSA) is 93.1 Å². The van der Waals surface area contributed by atoms with Gasteiger partial charge < -0.3 is 19.7 Å². The van der Waals surface area contributed by atoms with E-state index in [4.69, 9.17) is 9.47 Å². The zero-order valence-corrected chi connectivity index (χ0v) is 29.7. The number of allylic oxidation sites excluding steroid dienone is 2. The first-order valence-corrected chi connectivity index (χ1v) is 17.7. The number of carboxylic acids is 2. The van der Waals surface area contributed by atoms with Gasteiger partial charge in [0.1, 0.15) is 0 Å². The van der Waals surface area contributed by atoms with Crippen LogP contribution in [-0.2, 0) is 31.1 Å². The van der Waals surface area contributed by atoms with Gasteiger partial charge in [-0.15, -0.1) is 23.5 Å². The lowest BCUT2D eigenvalue weighted by molar-refractivity contribution is -0.164. The molecule has 0 bridgehead atoms. The summed E-state index contributed by atoms with van der Waals surface area (Å²) >= 11 is 3.35. The lowest BCUT2D eigenvalue weighted by Crippen LogP contribution is -2.35. The van der Waals surface area contributed by atoms with E-state index in [0.29, 0.717) is 25.2 Å². The smallest absolute Gasteiger partial charge is 0.340 e. The van der Waals surface area contributed by atoms with Gasteiger partial charge in [-0.1, -0.05) is 60.1 Å². The third-order valence-corrected chi connectivity index (χ3v) is 9.08. The number of benzene rings is 3. The first-order valence-electron chi connectivity index (χ1n) is 15.7. The third-order valence-electron chi connectivity index (χ3n) is 7.21. The lowest BCUT2D eigenvalue weighted by atomic mass is 9.96. The molecule has 0 aliphatic carbocycles. The van der Waals surface area contributed by atoms with Gasteiger partial charge in [-0.3, -0.25) is 0 Å². The Morgan fingerprint density at radius 1 is 0.771 bits per heavy atom. The molecule has 250 valence electrons. The van der Waals surface area contributed by atoms with E-state index in [1.165, 1.54) is 0 Å². The predicted molar refractivity (Wildman–Crippen MR) is 195 cm³/mol. The van der Waals surface area contributed by atoms with Crippen molar-refractivity contribution in [1.29, 1.82) is 0 Å². The molecule has 2 atom stereocenters. The lowest BCUT2D eigenvalue weighted by Gasteiger charge is -2.25. The average Bonchev–Trinajstić information content (AvgIpc) is 3.07. The number of rotatable bonds is 15. The van der Waals surface area contributed by atoms with Gasteiger partial charge in [-0.2, -0.15) is 0 Å². The maximum Gasteiger partial charge on any atom is 0.340 e. The summed E-state index contributed by atoms with van der Waals surface area (Å²) in [5.41, 5.74) is 3.99. The van der Waals surface area contributed by atoms with Crippen LogP contribution in [0.15, 0.2) is 106 Å². The summed E-state index contributed by atoms with van der Waals surface area (Å²) in [6.07, 6.45) is 3.70. The van der Waals surface area contributed by atoms with Crippen LogP contribution in [0.5, 0.6) is 0 Å². The quantitative estimate of drug-likeness (QED) is 0.122. The van der Waals surface area contributed by atoms with Gasteiger partial charge >= 0.3 is 11.9 Å². The van der Waals surface area contributed by atoms with E-state index in [0.717, 1.165) is 49.1 Å².